The molecular formula is C17H22N2O4S. The van der Waals surface area contributed by atoms with Gasteiger partial charge in [0.25, 0.3) is 0 Å². The van der Waals surface area contributed by atoms with Crippen LogP contribution in [-0.2, 0) is 25.5 Å². The van der Waals surface area contributed by atoms with Gasteiger partial charge in [0, 0.05) is 10.5 Å². The number of benzene rings is 1. The first kappa shape index (κ1) is 18.3. The molecule has 1 aliphatic heterocycles. The Bertz CT molecular complexity index is 618. The van der Waals surface area contributed by atoms with E-state index in [1.165, 1.54) is 18.9 Å². The summed E-state index contributed by atoms with van der Waals surface area (Å²) in [5.74, 6) is -0.689. The summed E-state index contributed by atoms with van der Waals surface area (Å²) >= 11 is 1.45. The standard InChI is InChI=1S/C17H22N2O4S/c1-17(2)14(16(22)23-3)19-15(21)12(10-24-17)18-13(20)9-11-7-5-4-6-8-11/h4-8,12,14H,9-10H2,1-3H3,(H,18,20)(H,19,21)/t12-,14+/m1/s1. The Kier molecular flexibility index (Phi) is 5.88. The minimum atomic E-state index is -0.754. The second-order valence-electron chi connectivity index (χ2n) is 6.16. The van der Waals surface area contributed by atoms with Gasteiger partial charge in [-0.3, -0.25) is 9.59 Å². The first-order valence-electron chi connectivity index (χ1n) is 7.69. The molecular weight excluding hydrogens is 328 g/mol. The Labute approximate surface area is 145 Å². The highest BCUT2D eigenvalue weighted by Gasteiger charge is 2.42. The van der Waals surface area contributed by atoms with Gasteiger partial charge in [0.1, 0.15) is 12.1 Å². The number of hydrogen-bond donors (Lipinski definition) is 2. The van der Waals surface area contributed by atoms with Crippen LogP contribution in [0.5, 0.6) is 0 Å². The molecule has 1 heterocycles. The van der Waals surface area contributed by atoms with E-state index in [2.05, 4.69) is 10.6 Å². The smallest absolute Gasteiger partial charge is 0.329 e. The number of carbonyl (C=O) groups excluding carboxylic acids is 3. The lowest BCUT2D eigenvalue weighted by Crippen LogP contribution is -2.55. The maximum absolute atomic E-state index is 12.4. The highest BCUT2D eigenvalue weighted by Crippen LogP contribution is 2.31. The van der Waals surface area contributed by atoms with Crippen LogP contribution in [0.1, 0.15) is 19.4 Å². The van der Waals surface area contributed by atoms with Crippen LogP contribution in [0.25, 0.3) is 0 Å². The third-order valence-electron chi connectivity index (χ3n) is 3.90. The molecule has 0 bridgehead atoms. The number of carbonyl (C=O) groups is 3. The van der Waals surface area contributed by atoms with E-state index in [0.717, 1.165) is 5.56 Å². The van der Waals surface area contributed by atoms with Gasteiger partial charge < -0.3 is 15.4 Å². The monoisotopic (exact) mass is 350 g/mol. The highest BCUT2D eigenvalue weighted by molar-refractivity contribution is 8.00. The molecule has 0 aromatic heterocycles. The second kappa shape index (κ2) is 7.70. The Morgan fingerprint density at radius 3 is 2.62 bits per heavy atom. The number of hydrogen-bond acceptors (Lipinski definition) is 5. The molecule has 0 radical (unpaired) electrons. The van der Waals surface area contributed by atoms with Crippen molar-refractivity contribution >= 4 is 29.5 Å². The molecule has 1 aromatic rings. The van der Waals surface area contributed by atoms with E-state index in [-0.39, 0.29) is 18.2 Å². The maximum Gasteiger partial charge on any atom is 0.329 e. The first-order chi connectivity index (χ1) is 11.3. The summed E-state index contributed by atoms with van der Waals surface area (Å²) in [4.78, 5) is 36.5. The summed E-state index contributed by atoms with van der Waals surface area (Å²) < 4.78 is 4.24. The van der Waals surface area contributed by atoms with Crippen molar-refractivity contribution in [3.05, 3.63) is 35.9 Å². The van der Waals surface area contributed by atoms with Gasteiger partial charge in [-0.2, -0.15) is 11.8 Å². The van der Waals surface area contributed by atoms with Gasteiger partial charge in [-0.1, -0.05) is 30.3 Å². The van der Waals surface area contributed by atoms with E-state index in [0.29, 0.717) is 5.75 Å². The topological polar surface area (TPSA) is 84.5 Å². The van der Waals surface area contributed by atoms with Crippen molar-refractivity contribution in [2.24, 2.45) is 0 Å². The van der Waals surface area contributed by atoms with E-state index >= 15 is 0 Å². The quantitative estimate of drug-likeness (QED) is 0.788. The molecule has 1 aliphatic rings. The van der Waals surface area contributed by atoms with Crippen molar-refractivity contribution in [1.82, 2.24) is 10.6 Å². The average molecular weight is 350 g/mol. The Balaban J connectivity index is 2.03. The van der Waals surface area contributed by atoms with Crippen LogP contribution in [0.2, 0.25) is 0 Å². The Hall–Kier alpha value is -2.02. The van der Waals surface area contributed by atoms with Crippen LogP contribution in [0, 0.1) is 0 Å². The van der Waals surface area contributed by atoms with Gasteiger partial charge in [-0.15, -0.1) is 0 Å². The fourth-order valence-electron chi connectivity index (χ4n) is 2.47. The van der Waals surface area contributed by atoms with Crippen molar-refractivity contribution in [3.8, 4) is 0 Å². The lowest BCUT2D eigenvalue weighted by atomic mass is 10.0. The molecule has 0 aliphatic carbocycles. The Morgan fingerprint density at radius 2 is 2.00 bits per heavy atom. The minimum absolute atomic E-state index is 0.207. The van der Waals surface area contributed by atoms with E-state index < -0.39 is 22.8 Å². The van der Waals surface area contributed by atoms with Crippen molar-refractivity contribution < 1.29 is 19.1 Å². The number of amides is 2. The third-order valence-corrected chi connectivity index (χ3v) is 5.38. The zero-order valence-corrected chi connectivity index (χ0v) is 14.8. The summed E-state index contributed by atoms with van der Waals surface area (Å²) in [5.41, 5.74) is 0.879. The molecule has 1 aromatic carbocycles. The molecule has 2 rings (SSSR count). The van der Waals surface area contributed by atoms with Crippen LogP contribution >= 0.6 is 11.8 Å². The average Bonchev–Trinajstić information content (AvgIpc) is 2.66. The number of methoxy groups -OCH3 is 1. The SMILES string of the molecule is COC(=O)[C@@H]1NC(=O)[C@H](NC(=O)Cc2ccccc2)CSC1(C)C. The van der Waals surface area contributed by atoms with E-state index in [1.807, 2.05) is 44.2 Å². The van der Waals surface area contributed by atoms with E-state index in [4.69, 9.17) is 4.74 Å². The number of esters is 1. The molecule has 24 heavy (non-hydrogen) atoms. The summed E-state index contributed by atoms with van der Waals surface area (Å²) in [7, 11) is 1.29. The maximum atomic E-state index is 12.4. The lowest BCUT2D eigenvalue weighted by Gasteiger charge is -2.29. The predicted octanol–water partition coefficient (Wildman–Crippen LogP) is 0.897. The molecule has 2 N–H and O–H groups in total. The van der Waals surface area contributed by atoms with Crippen LogP contribution in [0.4, 0.5) is 0 Å². The van der Waals surface area contributed by atoms with Crippen LogP contribution in [0.15, 0.2) is 30.3 Å². The molecule has 130 valence electrons. The predicted molar refractivity (Wildman–Crippen MR) is 92.6 cm³/mol. The fourth-order valence-corrected chi connectivity index (χ4v) is 3.62. The number of thioether (sulfide) groups is 1. The first-order valence-corrected chi connectivity index (χ1v) is 8.67. The molecule has 0 unspecified atom stereocenters. The van der Waals surface area contributed by atoms with Gasteiger partial charge >= 0.3 is 5.97 Å². The largest absolute Gasteiger partial charge is 0.467 e. The summed E-state index contributed by atoms with van der Waals surface area (Å²) in [6.07, 6.45) is 0.207. The molecule has 7 heteroatoms. The highest BCUT2D eigenvalue weighted by atomic mass is 32.2. The van der Waals surface area contributed by atoms with Crippen LogP contribution in [0.3, 0.4) is 0 Å². The minimum Gasteiger partial charge on any atom is -0.467 e. The van der Waals surface area contributed by atoms with Gasteiger partial charge in [-0.05, 0) is 19.4 Å². The lowest BCUT2D eigenvalue weighted by molar-refractivity contribution is -0.145. The Morgan fingerprint density at radius 1 is 1.33 bits per heavy atom. The molecule has 1 saturated heterocycles. The zero-order valence-electron chi connectivity index (χ0n) is 14.0. The van der Waals surface area contributed by atoms with Crippen molar-refractivity contribution in [2.45, 2.75) is 37.1 Å². The molecule has 0 saturated carbocycles. The molecule has 1 fully saturated rings. The normalized spacial score (nSPS) is 22.9. The van der Waals surface area contributed by atoms with Gasteiger partial charge in [-0.25, -0.2) is 4.79 Å². The third kappa shape index (κ3) is 4.50. The summed E-state index contributed by atoms with van der Waals surface area (Å²) in [6.45, 7) is 3.74. The van der Waals surface area contributed by atoms with Gasteiger partial charge in [0.05, 0.1) is 13.5 Å². The van der Waals surface area contributed by atoms with Crippen molar-refractivity contribution in [2.75, 3.05) is 12.9 Å². The van der Waals surface area contributed by atoms with Crippen LogP contribution in [-0.4, -0.2) is 47.5 Å². The van der Waals surface area contributed by atoms with E-state index in [1.54, 1.807) is 0 Å². The fraction of sp³-hybridized carbons (Fsp3) is 0.471. The molecule has 2 atom stereocenters. The van der Waals surface area contributed by atoms with Gasteiger partial charge in [0.15, 0.2) is 0 Å². The zero-order chi connectivity index (χ0) is 17.7. The molecule has 0 spiro atoms. The summed E-state index contributed by atoms with van der Waals surface area (Å²) in [6, 6.07) is 7.89. The van der Waals surface area contributed by atoms with Crippen molar-refractivity contribution in [1.29, 1.82) is 0 Å². The molecule has 2 amide bonds. The number of ether oxygens (including phenoxy) is 1. The number of rotatable bonds is 4. The summed E-state index contributed by atoms with van der Waals surface area (Å²) in [5, 5.41) is 5.44. The van der Waals surface area contributed by atoms with Gasteiger partial charge in [0.2, 0.25) is 11.8 Å². The van der Waals surface area contributed by atoms with Crippen LogP contribution < -0.4 is 10.6 Å². The van der Waals surface area contributed by atoms with E-state index in [9.17, 15) is 14.4 Å². The number of nitrogens with one attached hydrogen (secondary N) is 2. The molecule has 6 nitrogen and oxygen atoms in total. The second-order valence-corrected chi connectivity index (χ2v) is 7.84. The van der Waals surface area contributed by atoms with Crippen molar-refractivity contribution in [3.63, 3.8) is 0 Å².